The lowest BCUT2D eigenvalue weighted by Gasteiger charge is -2.18. The van der Waals surface area contributed by atoms with Crippen molar-refractivity contribution in [1.82, 2.24) is 0 Å². The van der Waals surface area contributed by atoms with E-state index in [0.717, 1.165) is 12.1 Å². The van der Waals surface area contributed by atoms with Gasteiger partial charge in [0.25, 0.3) is 0 Å². The summed E-state index contributed by atoms with van der Waals surface area (Å²) < 4.78 is 51.1. The van der Waals surface area contributed by atoms with E-state index in [0.29, 0.717) is 31.9 Å². The van der Waals surface area contributed by atoms with E-state index in [1.165, 1.54) is 0 Å². The standard InChI is InChI=1S/C12H16F4N2.ClH/c13-8-4-5-9(10(7-8)12(14,15)16)11(18)3-1-2-6-17;/h4-5,7,11H,1-3,6,17-18H2;1H/t11-;/m0./s1. The van der Waals surface area contributed by atoms with Crippen LogP contribution >= 0.6 is 12.4 Å². The second-order valence-corrected chi connectivity index (χ2v) is 4.12. The van der Waals surface area contributed by atoms with Crippen molar-refractivity contribution in [3.8, 4) is 0 Å². The summed E-state index contributed by atoms with van der Waals surface area (Å²) in [5, 5.41) is 0. The van der Waals surface area contributed by atoms with Gasteiger partial charge < -0.3 is 11.5 Å². The van der Waals surface area contributed by atoms with Crippen molar-refractivity contribution < 1.29 is 17.6 Å². The van der Waals surface area contributed by atoms with Crippen LogP contribution in [0.4, 0.5) is 17.6 Å². The molecule has 7 heteroatoms. The number of hydrogen-bond acceptors (Lipinski definition) is 2. The van der Waals surface area contributed by atoms with Gasteiger partial charge in [-0.1, -0.05) is 12.5 Å². The predicted molar refractivity (Wildman–Crippen MR) is 68.5 cm³/mol. The zero-order valence-corrected chi connectivity index (χ0v) is 11.0. The van der Waals surface area contributed by atoms with E-state index < -0.39 is 23.6 Å². The van der Waals surface area contributed by atoms with E-state index in [2.05, 4.69) is 0 Å². The fraction of sp³-hybridized carbons (Fsp3) is 0.500. The lowest BCUT2D eigenvalue weighted by atomic mass is 9.96. The fourth-order valence-electron chi connectivity index (χ4n) is 1.76. The van der Waals surface area contributed by atoms with Crippen LogP contribution in [0, 0.1) is 5.82 Å². The quantitative estimate of drug-likeness (QED) is 0.647. The molecule has 0 aliphatic heterocycles. The Kier molecular flexibility index (Phi) is 7.33. The number of benzene rings is 1. The van der Waals surface area contributed by atoms with Gasteiger partial charge in [-0.15, -0.1) is 12.4 Å². The maximum absolute atomic E-state index is 12.9. The van der Waals surface area contributed by atoms with Crippen molar-refractivity contribution in [3.05, 3.63) is 35.1 Å². The smallest absolute Gasteiger partial charge is 0.330 e. The van der Waals surface area contributed by atoms with Crippen LogP contribution in [-0.2, 0) is 6.18 Å². The van der Waals surface area contributed by atoms with Gasteiger partial charge in [0.15, 0.2) is 0 Å². The Morgan fingerprint density at radius 3 is 2.32 bits per heavy atom. The predicted octanol–water partition coefficient (Wildman–Crippen LogP) is 3.40. The number of hydrogen-bond donors (Lipinski definition) is 2. The molecule has 0 heterocycles. The van der Waals surface area contributed by atoms with Gasteiger partial charge in [-0.3, -0.25) is 0 Å². The average Bonchev–Trinajstić information content (AvgIpc) is 2.28. The van der Waals surface area contributed by atoms with Crippen molar-refractivity contribution in [2.24, 2.45) is 11.5 Å². The van der Waals surface area contributed by atoms with E-state index in [9.17, 15) is 17.6 Å². The average molecular weight is 301 g/mol. The Morgan fingerprint density at radius 1 is 1.16 bits per heavy atom. The molecule has 0 saturated heterocycles. The van der Waals surface area contributed by atoms with Gasteiger partial charge in [0.1, 0.15) is 5.82 Å². The van der Waals surface area contributed by atoms with Crippen molar-refractivity contribution in [2.45, 2.75) is 31.5 Å². The third kappa shape index (κ3) is 5.34. The minimum atomic E-state index is -4.59. The van der Waals surface area contributed by atoms with Crippen molar-refractivity contribution in [2.75, 3.05) is 6.54 Å². The summed E-state index contributed by atoms with van der Waals surface area (Å²) in [7, 11) is 0. The second kappa shape index (κ2) is 7.67. The number of nitrogens with two attached hydrogens (primary N) is 2. The van der Waals surface area contributed by atoms with E-state index in [4.69, 9.17) is 11.5 Å². The van der Waals surface area contributed by atoms with E-state index in [1.807, 2.05) is 0 Å². The number of halogens is 5. The second-order valence-electron chi connectivity index (χ2n) is 4.12. The summed E-state index contributed by atoms with van der Waals surface area (Å²) in [4.78, 5) is 0. The summed E-state index contributed by atoms with van der Waals surface area (Å²) in [5.74, 6) is -0.916. The molecule has 0 amide bonds. The normalized spacial score (nSPS) is 12.9. The van der Waals surface area contributed by atoms with Crippen molar-refractivity contribution in [1.29, 1.82) is 0 Å². The molecule has 0 fully saturated rings. The molecule has 19 heavy (non-hydrogen) atoms. The molecule has 0 bridgehead atoms. The molecule has 1 atom stereocenters. The van der Waals surface area contributed by atoms with Gasteiger partial charge in [-0.05, 0) is 37.1 Å². The topological polar surface area (TPSA) is 52.0 Å². The lowest BCUT2D eigenvalue weighted by Crippen LogP contribution is -2.18. The molecule has 1 rings (SSSR count). The molecule has 0 aromatic heterocycles. The fourth-order valence-corrected chi connectivity index (χ4v) is 1.76. The van der Waals surface area contributed by atoms with Crippen LogP contribution in [0.15, 0.2) is 18.2 Å². The molecule has 0 spiro atoms. The molecule has 1 aromatic carbocycles. The van der Waals surface area contributed by atoms with Crippen LogP contribution in [0.5, 0.6) is 0 Å². The zero-order valence-electron chi connectivity index (χ0n) is 10.2. The highest BCUT2D eigenvalue weighted by molar-refractivity contribution is 5.85. The Balaban J connectivity index is 0.00000324. The van der Waals surface area contributed by atoms with Crippen LogP contribution in [0.1, 0.15) is 36.4 Å². The van der Waals surface area contributed by atoms with Gasteiger partial charge in [-0.2, -0.15) is 13.2 Å². The molecule has 110 valence electrons. The highest BCUT2D eigenvalue weighted by Crippen LogP contribution is 2.35. The van der Waals surface area contributed by atoms with E-state index in [-0.39, 0.29) is 18.0 Å². The first-order chi connectivity index (χ1) is 8.36. The first-order valence-corrected chi connectivity index (χ1v) is 5.68. The highest BCUT2D eigenvalue weighted by Gasteiger charge is 2.34. The Labute approximate surface area is 115 Å². The van der Waals surface area contributed by atoms with Crippen molar-refractivity contribution in [3.63, 3.8) is 0 Å². The van der Waals surface area contributed by atoms with Crippen molar-refractivity contribution >= 4 is 12.4 Å². The minimum Gasteiger partial charge on any atom is -0.330 e. The highest BCUT2D eigenvalue weighted by atomic mass is 35.5. The number of rotatable bonds is 5. The van der Waals surface area contributed by atoms with Gasteiger partial charge in [0.2, 0.25) is 0 Å². The van der Waals surface area contributed by atoms with Crippen LogP contribution in [0.25, 0.3) is 0 Å². The monoisotopic (exact) mass is 300 g/mol. The molecule has 0 radical (unpaired) electrons. The molecule has 0 aliphatic rings. The van der Waals surface area contributed by atoms with Crippen LogP contribution in [-0.4, -0.2) is 6.54 Å². The summed E-state index contributed by atoms with van der Waals surface area (Å²) in [5.41, 5.74) is 9.96. The first-order valence-electron chi connectivity index (χ1n) is 5.68. The van der Waals surface area contributed by atoms with E-state index in [1.54, 1.807) is 0 Å². The summed E-state index contributed by atoms with van der Waals surface area (Å²) in [6.45, 7) is 0.474. The largest absolute Gasteiger partial charge is 0.416 e. The Hall–Kier alpha value is -0.850. The number of unbranched alkanes of at least 4 members (excludes halogenated alkanes) is 1. The van der Waals surface area contributed by atoms with Gasteiger partial charge >= 0.3 is 6.18 Å². The third-order valence-electron chi connectivity index (χ3n) is 2.69. The number of alkyl halides is 3. The maximum Gasteiger partial charge on any atom is 0.416 e. The molecular formula is C12H17ClF4N2. The summed E-state index contributed by atoms with van der Waals surface area (Å²) in [6, 6.07) is 1.82. The van der Waals surface area contributed by atoms with Crippen LogP contribution < -0.4 is 11.5 Å². The van der Waals surface area contributed by atoms with Gasteiger partial charge in [0, 0.05) is 6.04 Å². The molecule has 2 nitrogen and oxygen atoms in total. The Morgan fingerprint density at radius 2 is 1.79 bits per heavy atom. The molecule has 0 saturated carbocycles. The third-order valence-corrected chi connectivity index (χ3v) is 2.69. The minimum absolute atomic E-state index is 0. The zero-order chi connectivity index (χ0) is 13.8. The summed E-state index contributed by atoms with van der Waals surface area (Å²) >= 11 is 0. The summed E-state index contributed by atoms with van der Waals surface area (Å²) in [6.07, 6.45) is -2.85. The van der Waals surface area contributed by atoms with Gasteiger partial charge in [0.05, 0.1) is 5.56 Å². The van der Waals surface area contributed by atoms with Gasteiger partial charge in [-0.25, -0.2) is 4.39 Å². The molecular weight excluding hydrogens is 284 g/mol. The molecule has 0 unspecified atom stereocenters. The van der Waals surface area contributed by atoms with Crippen LogP contribution in [0.3, 0.4) is 0 Å². The molecule has 4 N–H and O–H groups in total. The van der Waals surface area contributed by atoms with Crippen LogP contribution in [0.2, 0.25) is 0 Å². The molecule has 0 aliphatic carbocycles. The first kappa shape index (κ1) is 18.1. The maximum atomic E-state index is 12.9. The SMILES string of the molecule is Cl.NCCCC[C@H](N)c1ccc(F)cc1C(F)(F)F. The van der Waals surface area contributed by atoms with E-state index >= 15 is 0 Å². The Bertz CT molecular complexity index is 396. The lowest BCUT2D eigenvalue weighted by molar-refractivity contribution is -0.138. The molecule has 1 aromatic rings.